The van der Waals surface area contributed by atoms with Crippen LogP contribution < -0.4 is 0 Å². The van der Waals surface area contributed by atoms with E-state index in [0.29, 0.717) is 5.56 Å². The molecule has 1 amide bonds. The fourth-order valence-electron chi connectivity index (χ4n) is 3.59. The zero-order valence-electron chi connectivity index (χ0n) is 13.4. The number of thioether (sulfide) groups is 1. The lowest BCUT2D eigenvalue weighted by Crippen LogP contribution is -2.61. The van der Waals surface area contributed by atoms with Crippen molar-refractivity contribution in [2.75, 3.05) is 0 Å². The first kappa shape index (κ1) is 15.4. The Morgan fingerprint density at radius 2 is 2.17 bits per heavy atom. The number of carbonyl (C=O) groups is 1. The molecule has 1 aromatic carbocycles. The van der Waals surface area contributed by atoms with Crippen LogP contribution in [-0.2, 0) is 4.79 Å². The van der Waals surface area contributed by atoms with Crippen LogP contribution in [0.2, 0.25) is 0 Å². The van der Waals surface area contributed by atoms with Crippen LogP contribution in [0.1, 0.15) is 25.5 Å². The highest BCUT2D eigenvalue weighted by Crippen LogP contribution is 2.55. The molecule has 5 nitrogen and oxygen atoms in total. The summed E-state index contributed by atoms with van der Waals surface area (Å²) in [5.74, 6) is -0.666. The predicted octanol–water partition coefficient (Wildman–Crippen LogP) is 2.47. The van der Waals surface area contributed by atoms with Crippen molar-refractivity contribution in [3.8, 4) is 6.07 Å². The third-order valence-electron chi connectivity index (χ3n) is 4.90. The number of benzene rings is 1. The first-order valence-corrected chi connectivity index (χ1v) is 8.74. The van der Waals surface area contributed by atoms with Gasteiger partial charge in [-0.05, 0) is 26.0 Å². The summed E-state index contributed by atoms with van der Waals surface area (Å²) in [4.78, 5) is 18.5. The molecule has 122 valence electrons. The number of fused-ring (bicyclic) bond motifs is 2. The first-order chi connectivity index (χ1) is 11.4. The maximum absolute atomic E-state index is 12.6. The van der Waals surface area contributed by atoms with Crippen molar-refractivity contribution in [1.29, 1.82) is 5.26 Å². The maximum atomic E-state index is 12.6. The van der Waals surface area contributed by atoms with E-state index < -0.39 is 18.1 Å². The fourth-order valence-corrected chi connectivity index (χ4v) is 5.26. The van der Waals surface area contributed by atoms with Gasteiger partial charge in [0.25, 0.3) is 0 Å². The minimum atomic E-state index is -0.906. The smallest absolute Gasteiger partial charge is 0.233 e. The van der Waals surface area contributed by atoms with Crippen LogP contribution in [0, 0.1) is 17.2 Å². The third kappa shape index (κ3) is 2.05. The monoisotopic (exact) mass is 339 g/mol. The Morgan fingerprint density at radius 1 is 1.42 bits per heavy atom. The Hall–Kier alpha value is -2.10. The molecular formula is C18H17N3O2S. The van der Waals surface area contributed by atoms with E-state index in [1.54, 1.807) is 22.9 Å². The number of carbonyl (C=O) groups excluding carboxylic acids is 1. The van der Waals surface area contributed by atoms with Gasteiger partial charge >= 0.3 is 0 Å². The van der Waals surface area contributed by atoms with E-state index in [1.807, 2.05) is 44.2 Å². The van der Waals surface area contributed by atoms with Crippen molar-refractivity contribution in [2.24, 2.45) is 5.92 Å². The van der Waals surface area contributed by atoms with Crippen LogP contribution in [-0.4, -0.2) is 37.1 Å². The number of β-lactam (4-membered cyclic amide) rings is 1. The largest absolute Gasteiger partial charge is 0.387 e. The van der Waals surface area contributed by atoms with Crippen LogP contribution >= 0.6 is 11.8 Å². The number of hydrogen-bond donors (Lipinski definition) is 1. The molecule has 0 aliphatic carbocycles. The molecular weight excluding hydrogens is 322 g/mol. The number of pyridine rings is 1. The second-order valence-electron chi connectivity index (χ2n) is 6.82. The molecule has 24 heavy (non-hydrogen) atoms. The van der Waals surface area contributed by atoms with Crippen LogP contribution in [0.4, 0.5) is 0 Å². The van der Waals surface area contributed by atoms with Gasteiger partial charge in [0.05, 0.1) is 29.0 Å². The molecule has 1 N–H and O–H groups in total. The van der Waals surface area contributed by atoms with Gasteiger partial charge in [0.1, 0.15) is 6.04 Å². The maximum Gasteiger partial charge on any atom is 0.233 e. The van der Waals surface area contributed by atoms with Gasteiger partial charge < -0.3 is 10.0 Å². The summed E-state index contributed by atoms with van der Waals surface area (Å²) in [5.41, 5.74) is 1.50. The topological polar surface area (TPSA) is 77.2 Å². The predicted molar refractivity (Wildman–Crippen MR) is 91.9 cm³/mol. The average Bonchev–Trinajstić information content (AvgIpc) is 2.81. The fraction of sp³-hybridized carbons (Fsp3) is 0.389. The van der Waals surface area contributed by atoms with Crippen molar-refractivity contribution in [2.45, 2.75) is 36.1 Å². The number of aromatic nitrogens is 1. The molecule has 0 saturated carbocycles. The van der Waals surface area contributed by atoms with Crippen molar-refractivity contribution >= 4 is 28.6 Å². The first-order valence-electron chi connectivity index (χ1n) is 7.86. The normalized spacial score (nSPS) is 29.0. The zero-order valence-corrected chi connectivity index (χ0v) is 14.2. The zero-order chi connectivity index (χ0) is 17.1. The van der Waals surface area contributed by atoms with Gasteiger partial charge in [-0.1, -0.05) is 18.2 Å². The van der Waals surface area contributed by atoms with Crippen LogP contribution in [0.15, 0.2) is 36.5 Å². The van der Waals surface area contributed by atoms with E-state index in [1.165, 1.54) is 0 Å². The average molecular weight is 339 g/mol. The van der Waals surface area contributed by atoms with Crippen molar-refractivity contribution < 1.29 is 9.90 Å². The number of hydrogen-bond acceptors (Lipinski definition) is 5. The van der Waals surface area contributed by atoms with Crippen molar-refractivity contribution in [1.82, 2.24) is 9.88 Å². The molecule has 4 unspecified atom stereocenters. The SMILES string of the molecule is CC1(C)SC2C(C(O)c3cnc4ccccc4c3)C(=O)N2C1C#N. The van der Waals surface area contributed by atoms with Gasteiger partial charge in [-0.15, -0.1) is 11.8 Å². The van der Waals surface area contributed by atoms with Gasteiger partial charge in [0, 0.05) is 21.9 Å². The molecule has 4 atom stereocenters. The van der Waals surface area contributed by atoms with Crippen LogP contribution in [0.5, 0.6) is 0 Å². The highest BCUT2D eigenvalue weighted by atomic mass is 32.2. The molecule has 1 aromatic heterocycles. The third-order valence-corrected chi connectivity index (χ3v) is 6.49. The van der Waals surface area contributed by atoms with E-state index in [0.717, 1.165) is 10.9 Å². The summed E-state index contributed by atoms with van der Waals surface area (Å²) in [6.07, 6.45) is 0.728. The minimum absolute atomic E-state index is 0.148. The van der Waals surface area contributed by atoms with Gasteiger partial charge in [-0.3, -0.25) is 9.78 Å². The van der Waals surface area contributed by atoms with E-state index in [-0.39, 0.29) is 16.0 Å². The number of nitrogens with zero attached hydrogens (tertiary/aromatic N) is 3. The summed E-state index contributed by atoms with van der Waals surface area (Å²) in [5, 5.41) is 20.9. The molecule has 0 spiro atoms. The lowest BCUT2D eigenvalue weighted by atomic mass is 9.85. The number of aliphatic hydroxyl groups excluding tert-OH is 1. The number of amides is 1. The Kier molecular flexibility index (Phi) is 3.34. The molecule has 2 fully saturated rings. The molecule has 0 bridgehead atoms. The lowest BCUT2D eigenvalue weighted by molar-refractivity contribution is -0.159. The molecule has 6 heteroatoms. The van der Waals surface area contributed by atoms with Gasteiger partial charge in [0.2, 0.25) is 5.91 Å². The summed E-state index contributed by atoms with van der Waals surface area (Å²) in [6, 6.07) is 11.4. The number of rotatable bonds is 2. The summed E-state index contributed by atoms with van der Waals surface area (Å²) in [6.45, 7) is 3.94. The molecule has 2 saturated heterocycles. The molecule has 3 heterocycles. The lowest BCUT2D eigenvalue weighted by Gasteiger charge is -2.45. The second-order valence-corrected chi connectivity index (χ2v) is 8.59. The van der Waals surface area contributed by atoms with Gasteiger partial charge in [0.15, 0.2) is 0 Å². The van der Waals surface area contributed by atoms with E-state index in [4.69, 9.17) is 0 Å². The van der Waals surface area contributed by atoms with Gasteiger partial charge in [-0.2, -0.15) is 5.26 Å². The van der Waals surface area contributed by atoms with E-state index in [9.17, 15) is 15.2 Å². The summed E-state index contributed by atoms with van der Waals surface area (Å²) in [7, 11) is 0. The second kappa shape index (κ2) is 5.20. The Bertz CT molecular complexity index is 876. The Morgan fingerprint density at radius 3 is 2.92 bits per heavy atom. The molecule has 4 rings (SSSR count). The quantitative estimate of drug-likeness (QED) is 0.851. The van der Waals surface area contributed by atoms with Crippen molar-refractivity contribution in [3.05, 3.63) is 42.1 Å². The molecule has 2 aliphatic rings. The van der Waals surface area contributed by atoms with Gasteiger partial charge in [-0.25, -0.2) is 0 Å². The highest BCUT2D eigenvalue weighted by molar-refractivity contribution is 8.01. The molecule has 0 radical (unpaired) electrons. The molecule has 2 aromatic rings. The Balaban J connectivity index is 1.65. The summed E-state index contributed by atoms with van der Waals surface area (Å²) >= 11 is 1.59. The molecule has 2 aliphatic heterocycles. The van der Waals surface area contributed by atoms with Crippen molar-refractivity contribution in [3.63, 3.8) is 0 Å². The van der Waals surface area contributed by atoms with E-state index in [2.05, 4.69) is 11.1 Å². The number of aliphatic hydroxyl groups is 1. The number of nitriles is 1. The van der Waals surface area contributed by atoms with Crippen LogP contribution in [0.3, 0.4) is 0 Å². The highest BCUT2D eigenvalue weighted by Gasteiger charge is 2.63. The number of para-hydroxylation sites is 1. The summed E-state index contributed by atoms with van der Waals surface area (Å²) < 4.78 is -0.328. The minimum Gasteiger partial charge on any atom is -0.387 e. The standard InChI is InChI=1S/C18H17N3O2S/c1-18(2)13(8-19)21-16(23)14(17(21)24-18)15(22)11-7-10-5-3-4-6-12(10)20-9-11/h3-7,9,13-15,17,22H,1-2H3. The van der Waals surface area contributed by atoms with Crippen LogP contribution in [0.25, 0.3) is 10.9 Å². The van der Waals surface area contributed by atoms with E-state index >= 15 is 0 Å². The Labute approximate surface area is 144 Å².